The second kappa shape index (κ2) is 9.61. The minimum absolute atomic E-state index is 0.0643. The van der Waals surface area contributed by atoms with Crippen LogP contribution in [0, 0.1) is 5.92 Å². The monoisotopic (exact) mass is 491 g/mol. The summed E-state index contributed by atoms with van der Waals surface area (Å²) in [5.41, 5.74) is 2.30. The average Bonchev–Trinajstić information content (AvgIpc) is 3.50. The fourth-order valence-electron chi connectivity index (χ4n) is 2.82. The molecule has 1 aromatic heterocycles. The Kier molecular flexibility index (Phi) is 6.86. The Morgan fingerprint density at radius 3 is 2.68 bits per heavy atom. The van der Waals surface area contributed by atoms with E-state index in [1.807, 2.05) is 42.6 Å². The third kappa shape index (κ3) is 5.80. The molecule has 160 valence electrons. The van der Waals surface area contributed by atoms with E-state index in [-0.39, 0.29) is 23.0 Å². The van der Waals surface area contributed by atoms with E-state index in [1.54, 1.807) is 12.1 Å². The molecule has 0 bridgehead atoms. The number of amides is 2. The normalized spacial score (nSPS) is 14.2. The van der Waals surface area contributed by atoms with Gasteiger partial charge in [-0.15, -0.1) is 23.1 Å². The fraction of sp³-hybridized carbons (Fsp3) is 0.227. The van der Waals surface area contributed by atoms with Crippen LogP contribution in [-0.2, 0) is 9.59 Å². The molecule has 2 amide bonds. The molecule has 0 saturated heterocycles. The van der Waals surface area contributed by atoms with E-state index in [0.717, 1.165) is 34.7 Å². The Hall–Kier alpha value is -2.06. The van der Waals surface area contributed by atoms with E-state index in [1.165, 1.54) is 23.1 Å². The SMILES string of the molecule is CC(Sc1cccc(NC(=O)C2CC2)c1)C(=O)Nc1nc(-c2ccc(Cl)c(Cl)c2)cs1. The summed E-state index contributed by atoms with van der Waals surface area (Å²) in [7, 11) is 0. The highest BCUT2D eigenvalue weighted by Gasteiger charge is 2.29. The third-order valence-corrected chi connectivity index (χ3v) is 7.27. The number of hydrogen-bond acceptors (Lipinski definition) is 5. The lowest BCUT2D eigenvalue weighted by Gasteiger charge is -2.12. The zero-order chi connectivity index (χ0) is 22.0. The van der Waals surface area contributed by atoms with Gasteiger partial charge in [-0.1, -0.05) is 35.3 Å². The molecule has 1 saturated carbocycles. The predicted molar refractivity (Wildman–Crippen MR) is 129 cm³/mol. The molecule has 2 N–H and O–H groups in total. The number of aromatic nitrogens is 1. The molecule has 9 heteroatoms. The van der Waals surface area contributed by atoms with Crippen LogP contribution in [0.4, 0.5) is 10.8 Å². The number of hydrogen-bond donors (Lipinski definition) is 2. The van der Waals surface area contributed by atoms with Gasteiger partial charge in [-0.05, 0) is 50.1 Å². The predicted octanol–water partition coefficient (Wildman–Crippen LogP) is 6.58. The molecule has 4 rings (SSSR count). The standard InChI is InChI=1S/C22H19Cl2N3O2S2/c1-12(31-16-4-2-3-15(10-16)25-21(29)13-5-6-13)20(28)27-22-26-19(11-30-22)14-7-8-17(23)18(24)9-14/h2-4,7-13H,5-6H2,1H3,(H,25,29)(H,26,27,28). The van der Waals surface area contributed by atoms with Gasteiger partial charge >= 0.3 is 0 Å². The van der Waals surface area contributed by atoms with Crippen molar-refractivity contribution in [3.05, 3.63) is 57.9 Å². The molecule has 2 aromatic carbocycles. The molecule has 1 aliphatic carbocycles. The summed E-state index contributed by atoms with van der Waals surface area (Å²) in [6, 6.07) is 12.8. The first kappa shape index (κ1) is 22.1. The maximum Gasteiger partial charge on any atom is 0.239 e. The number of thiazole rings is 1. The number of nitrogens with one attached hydrogen (secondary N) is 2. The van der Waals surface area contributed by atoms with Crippen LogP contribution in [0.15, 0.2) is 52.7 Å². The van der Waals surface area contributed by atoms with Crippen molar-refractivity contribution in [2.45, 2.75) is 29.9 Å². The number of halogens is 2. The Morgan fingerprint density at radius 1 is 1.13 bits per heavy atom. The van der Waals surface area contributed by atoms with Crippen molar-refractivity contribution in [3.8, 4) is 11.3 Å². The molecule has 0 radical (unpaired) electrons. The Morgan fingerprint density at radius 2 is 1.94 bits per heavy atom. The van der Waals surface area contributed by atoms with E-state index < -0.39 is 0 Å². The van der Waals surface area contributed by atoms with Gasteiger partial charge in [0, 0.05) is 27.4 Å². The van der Waals surface area contributed by atoms with Gasteiger partial charge in [0.15, 0.2) is 5.13 Å². The van der Waals surface area contributed by atoms with Crippen molar-refractivity contribution < 1.29 is 9.59 Å². The van der Waals surface area contributed by atoms with Gasteiger partial charge < -0.3 is 10.6 Å². The van der Waals surface area contributed by atoms with Crippen LogP contribution >= 0.6 is 46.3 Å². The molecule has 1 unspecified atom stereocenters. The highest BCUT2D eigenvalue weighted by atomic mass is 35.5. The van der Waals surface area contributed by atoms with Crippen molar-refractivity contribution in [3.63, 3.8) is 0 Å². The Balaban J connectivity index is 1.36. The van der Waals surface area contributed by atoms with Crippen LogP contribution in [0.25, 0.3) is 11.3 Å². The average molecular weight is 492 g/mol. The van der Waals surface area contributed by atoms with Crippen LogP contribution < -0.4 is 10.6 Å². The van der Waals surface area contributed by atoms with Gasteiger partial charge in [-0.2, -0.15) is 0 Å². The molecule has 1 fully saturated rings. The van der Waals surface area contributed by atoms with Crippen LogP contribution in [-0.4, -0.2) is 22.0 Å². The summed E-state index contributed by atoms with van der Waals surface area (Å²) in [5, 5.41) is 8.78. The first-order valence-corrected chi connectivity index (χ1v) is 12.2. The van der Waals surface area contributed by atoms with E-state index in [0.29, 0.717) is 15.2 Å². The molecule has 1 heterocycles. The fourth-order valence-corrected chi connectivity index (χ4v) is 4.77. The summed E-state index contributed by atoms with van der Waals surface area (Å²) in [5.74, 6) is 0.0649. The van der Waals surface area contributed by atoms with E-state index >= 15 is 0 Å². The van der Waals surface area contributed by atoms with Gasteiger partial charge in [0.05, 0.1) is 21.0 Å². The van der Waals surface area contributed by atoms with E-state index in [9.17, 15) is 9.59 Å². The van der Waals surface area contributed by atoms with Gasteiger partial charge in [0.1, 0.15) is 0 Å². The van der Waals surface area contributed by atoms with Crippen molar-refractivity contribution in [2.75, 3.05) is 10.6 Å². The number of benzene rings is 2. The van der Waals surface area contributed by atoms with Crippen LogP contribution in [0.2, 0.25) is 10.0 Å². The second-order valence-electron chi connectivity index (χ2n) is 7.21. The van der Waals surface area contributed by atoms with Gasteiger partial charge in [0.25, 0.3) is 0 Å². The van der Waals surface area contributed by atoms with Crippen LogP contribution in [0.1, 0.15) is 19.8 Å². The van der Waals surface area contributed by atoms with Gasteiger partial charge in [-0.25, -0.2) is 4.98 Å². The van der Waals surface area contributed by atoms with Crippen molar-refractivity contribution in [1.82, 2.24) is 4.98 Å². The molecule has 5 nitrogen and oxygen atoms in total. The van der Waals surface area contributed by atoms with Crippen LogP contribution in [0.3, 0.4) is 0 Å². The smallest absolute Gasteiger partial charge is 0.239 e. The van der Waals surface area contributed by atoms with Gasteiger partial charge in [0.2, 0.25) is 11.8 Å². The summed E-state index contributed by atoms with van der Waals surface area (Å²) < 4.78 is 0. The molecule has 1 atom stereocenters. The molecular weight excluding hydrogens is 473 g/mol. The third-order valence-electron chi connectivity index (χ3n) is 4.68. The Labute approximate surface area is 198 Å². The molecular formula is C22H19Cl2N3O2S2. The number of anilines is 2. The lowest BCUT2D eigenvalue weighted by atomic mass is 10.2. The van der Waals surface area contributed by atoms with Crippen molar-refractivity contribution >= 4 is 68.9 Å². The molecule has 1 aliphatic rings. The lowest BCUT2D eigenvalue weighted by Crippen LogP contribution is -2.22. The molecule has 31 heavy (non-hydrogen) atoms. The van der Waals surface area contributed by atoms with Gasteiger partial charge in [-0.3, -0.25) is 9.59 Å². The zero-order valence-electron chi connectivity index (χ0n) is 16.5. The van der Waals surface area contributed by atoms with E-state index in [2.05, 4.69) is 15.6 Å². The quantitative estimate of drug-likeness (QED) is 0.365. The summed E-state index contributed by atoms with van der Waals surface area (Å²) in [6.45, 7) is 1.84. The first-order chi connectivity index (χ1) is 14.9. The summed E-state index contributed by atoms with van der Waals surface area (Å²) in [4.78, 5) is 30.0. The lowest BCUT2D eigenvalue weighted by molar-refractivity contribution is -0.117. The molecule has 0 aliphatic heterocycles. The summed E-state index contributed by atoms with van der Waals surface area (Å²) in [6.07, 6.45) is 1.92. The number of rotatable bonds is 7. The second-order valence-corrected chi connectivity index (χ2v) is 10.3. The van der Waals surface area contributed by atoms with Crippen molar-refractivity contribution in [1.29, 1.82) is 0 Å². The number of thioether (sulfide) groups is 1. The maximum atomic E-state index is 12.6. The highest BCUT2D eigenvalue weighted by Crippen LogP contribution is 2.33. The van der Waals surface area contributed by atoms with Crippen molar-refractivity contribution in [2.24, 2.45) is 5.92 Å². The topological polar surface area (TPSA) is 71.1 Å². The highest BCUT2D eigenvalue weighted by molar-refractivity contribution is 8.00. The Bertz CT molecular complexity index is 1130. The van der Waals surface area contributed by atoms with Crippen LogP contribution in [0.5, 0.6) is 0 Å². The number of carbonyl (C=O) groups excluding carboxylic acids is 2. The molecule has 0 spiro atoms. The minimum Gasteiger partial charge on any atom is -0.326 e. The largest absolute Gasteiger partial charge is 0.326 e. The minimum atomic E-state index is -0.341. The zero-order valence-corrected chi connectivity index (χ0v) is 19.7. The summed E-state index contributed by atoms with van der Waals surface area (Å²) >= 11 is 14.8. The number of carbonyl (C=O) groups is 2. The first-order valence-electron chi connectivity index (χ1n) is 9.68. The van der Waals surface area contributed by atoms with E-state index in [4.69, 9.17) is 23.2 Å². The maximum absolute atomic E-state index is 12.6. The molecule has 3 aromatic rings. The number of nitrogens with zero attached hydrogens (tertiary/aromatic N) is 1.